The molecule has 0 aliphatic carbocycles. The average molecular weight is 416 g/mol. The zero-order chi connectivity index (χ0) is 20.1. The molecule has 0 aliphatic rings. The van der Waals surface area contributed by atoms with Gasteiger partial charge in [-0.15, -0.1) is 11.3 Å². The van der Waals surface area contributed by atoms with Crippen molar-refractivity contribution in [3.63, 3.8) is 0 Å². The predicted octanol–water partition coefficient (Wildman–Crippen LogP) is 3.10. The summed E-state index contributed by atoms with van der Waals surface area (Å²) >= 11 is 1.22. The van der Waals surface area contributed by atoms with Crippen LogP contribution < -0.4 is 5.48 Å². The number of sulfone groups is 1. The van der Waals surface area contributed by atoms with Crippen molar-refractivity contribution in [2.45, 2.75) is 4.90 Å². The Morgan fingerprint density at radius 1 is 1.11 bits per heavy atom. The van der Waals surface area contributed by atoms with Crippen molar-refractivity contribution >= 4 is 37.9 Å². The minimum atomic E-state index is -3.27. The number of nitrogens with zero attached hydrogens (tertiary/aromatic N) is 3. The predicted molar refractivity (Wildman–Crippen MR) is 107 cm³/mol. The van der Waals surface area contributed by atoms with E-state index in [0.717, 1.165) is 11.8 Å². The van der Waals surface area contributed by atoms with E-state index in [1.807, 2.05) is 11.5 Å². The highest BCUT2D eigenvalue weighted by atomic mass is 32.2. The first-order valence-electron chi connectivity index (χ1n) is 7.95. The van der Waals surface area contributed by atoms with E-state index in [1.54, 1.807) is 41.8 Å². The normalized spacial score (nSPS) is 12.8. The highest BCUT2D eigenvalue weighted by molar-refractivity contribution is 7.90. The molecule has 0 unspecified atom stereocenters. The van der Waals surface area contributed by atoms with Crippen molar-refractivity contribution in [2.24, 2.45) is 10.1 Å². The third kappa shape index (κ3) is 4.42. The number of aromatic nitrogens is 1. The summed E-state index contributed by atoms with van der Waals surface area (Å²) < 4.78 is 23.1. The molecule has 0 radical (unpaired) electrons. The Bertz CT molecular complexity index is 1120. The van der Waals surface area contributed by atoms with Crippen molar-refractivity contribution in [1.29, 1.82) is 0 Å². The minimum absolute atomic E-state index is 0.0531. The lowest BCUT2D eigenvalue weighted by molar-refractivity contribution is 0.236. The maximum Gasteiger partial charge on any atom is 0.211 e. The summed E-state index contributed by atoms with van der Waals surface area (Å²) in [6.07, 6.45) is 1.15. The Balaban J connectivity index is 1.90. The number of rotatable bonds is 5. The molecular formula is C18H16N4O4S2. The molecule has 3 rings (SSSR count). The fourth-order valence-corrected chi connectivity index (χ4v) is 3.72. The molecule has 0 fully saturated rings. The summed E-state index contributed by atoms with van der Waals surface area (Å²) in [4.78, 5) is 8.79. The Morgan fingerprint density at radius 2 is 1.79 bits per heavy atom. The van der Waals surface area contributed by atoms with Crippen LogP contribution in [0.1, 0.15) is 5.56 Å². The lowest BCUT2D eigenvalue weighted by atomic mass is 10.1. The number of thiazole rings is 1. The zero-order valence-electron chi connectivity index (χ0n) is 14.6. The smallest absolute Gasteiger partial charge is 0.211 e. The molecule has 8 nitrogen and oxygen atoms in total. The summed E-state index contributed by atoms with van der Waals surface area (Å²) in [5, 5.41) is 24.0. The average Bonchev–Trinajstić information content (AvgIpc) is 3.16. The molecule has 2 aromatic carbocycles. The highest BCUT2D eigenvalue weighted by Crippen LogP contribution is 2.27. The maximum atomic E-state index is 11.6. The molecule has 1 aromatic heterocycles. The van der Waals surface area contributed by atoms with E-state index in [2.05, 4.69) is 15.1 Å². The second kappa shape index (κ2) is 8.30. The van der Waals surface area contributed by atoms with Crippen LogP contribution in [0.3, 0.4) is 0 Å². The Hall–Kier alpha value is -3.08. The van der Waals surface area contributed by atoms with E-state index < -0.39 is 9.84 Å². The van der Waals surface area contributed by atoms with E-state index in [-0.39, 0.29) is 16.4 Å². The lowest BCUT2D eigenvalue weighted by Gasteiger charge is -2.06. The number of oxime groups is 1. The number of hydroxylamine groups is 1. The van der Waals surface area contributed by atoms with Crippen molar-refractivity contribution in [1.82, 2.24) is 10.5 Å². The molecule has 0 aliphatic heterocycles. The van der Waals surface area contributed by atoms with Gasteiger partial charge in [0, 0.05) is 22.8 Å². The summed E-state index contributed by atoms with van der Waals surface area (Å²) in [6.45, 7) is 0. The monoisotopic (exact) mass is 416 g/mol. The first-order chi connectivity index (χ1) is 13.4. The van der Waals surface area contributed by atoms with E-state index in [0.29, 0.717) is 16.4 Å². The number of amidine groups is 1. The van der Waals surface area contributed by atoms with Crippen LogP contribution >= 0.6 is 11.3 Å². The summed E-state index contributed by atoms with van der Waals surface area (Å²) in [5.74, 6) is -0.0676. The van der Waals surface area contributed by atoms with Crippen molar-refractivity contribution in [3.8, 4) is 11.3 Å². The van der Waals surface area contributed by atoms with E-state index in [9.17, 15) is 18.8 Å². The van der Waals surface area contributed by atoms with Gasteiger partial charge in [0.05, 0.1) is 10.6 Å². The zero-order valence-corrected chi connectivity index (χ0v) is 16.3. The number of nitrogens with one attached hydrogen (secondary N) is 1. The lowest BCUT2D eigenvalue weighted by Crippen LogP contribution is -2.29. The van der Waals surface area contributed by atoms with Gasteiger partial charge in [0.2, 0.25) is 5.13 Å². The van der Waals surface area contributed by atoms with Gasteiger partial charge in [0.15, 0.2) is 21.4 Å². The van der Waals surface area contributed by atoms with Gasteiger partial charge in [-0.1, -0.05) is 47.6 Å². The summed E-state index contributed by atoms with van der Waals surface area (Å²) in [7, 11) is -3.27. The Kier molecular flexibility index (Phi) is 5.83. The largest absolute Gasteiger partial charge is 0.410 e. The molecule has 0 saturated carbocycles. The van der Waals surface area contributed by atoms with Gasteiger partial charge >= 0.3 is 0 Å². The quantitative estimate of drug-likeness (QED) is 0.254. The van der Waals surface area contributed by atoms with Crippen molar-refractivity contribution in [3.05, 3.63) is 65.5 Å². The van der Waals surface area contributed by atoms with Crippen LogP contribution in [0.5, 0.6) is 0 Å². The molecule has 28 heavy (non-hydrogen) atoms. The number of aliphatic imine (C=N–C) groups is 1. The first kappa shape index (κ1) is 19.7. The van der Waals surface area contributed by atoms with Gasteiger partial charge in [-0.2, -0.15) is 4.99 Å². The highest BCUT2D eigenvalue weighted by Gasteiger charge is 2.14. The molecule has 0 spiro atoms. The van der Waals surface area contributed by atoms with Crippen LogP contribution in [0.4, 0.5) is 5.13 Å². The second-order valence-electron chi connectivity index (χ2n) is 5.70. The van der Waals surface area contributed by atoms with Gasteiger partial charge in [-0.3, -0.25) is 10.7 Å². The topological polar surface area (TPSA) is 124 Å². The van der Waals surface area contributed by atoms with Crippen LogP contribution in [0.15, 0.2) is 75.0 Å². The molecule has 10 heteroatoms. The van der Waals surface area contributed by atoms with Crippen LogP contribution in [0.25, 0.3) is 11.3 Å². The van der Waals surface area contributed by atoms with Crippen LogP contribution in [-0.2, 0) is 9.84 Å². The molecule has 1 heterocycles. The van der Waals surface area contributed by atoms with Gasteiger partial charge in [0.25, 0.3) is 0 Å². The first-order valence-corrected chi connectivity index (χ1v) is 10.7. The third-order valence-corrected chi connectivity index (χ3v) is 5.62. The standard InChI is InChI=1S/C18H16N4O4S2/c1-28(25,26)14-9-7-12(8-10-14)15-11-27-18(19-15)20-17(22-24)16(21-23)13-5-3-2-4-6-13/h2-11,23-24H,1H3,(H,19,20,22)/b21-16+. The Labute approximate surface area is 165 Å². The molecule has 3 aromatic rings. The van der Waals surface area contributed by atoms with Gasteiger partial charge in [-0.25, -0.2) is 13.4 Å². The third-order valence-electron chi connectivity index (χ3n) is 3.76. The maximum absolute atomic E-state index is 11.6. The van der Waals surface area contributed by atoms with Crippen LogP contribution in [0, 0.1) is 0 Å². The van der Waals surface area contributed by atoms with E-state index in [1.165, 1.54) is 23.5 Å². The summed E-state index contributed by atoms with van der Waals surface area (Å²) in [5.41, 5.74) is 3.86. The van der Waals surface area contributed by atoms with Crippen molar-refractivity contribution < 1.29 is 18.8 Å². The van der Waals surface area contributed by atoms with Gasteiger partial charge in [-0.05, 0) is 12.1 Å². The number of benzene rings is 2. The fourth-order valence-electron chi connectivity index (χ4n) is 2.39. The number of hydrogen-bond acceptors (Lipinski definition) is 8. The summed E-state index contributed by atoms with van der Waals surface area (Å²) in [6, 6.07) is 15.1. The molecule has 0 bridgehead atoms. The minimum Gasteiger partial charge on any atom is -0.410 e. The molecule has 0 atom stereocenters. The Morgan fingerprint density at radius 3 is 2.36 bits per heavy atom. The molecule has 0 amide bonds. The van der Waals surface area contributed by atoms with E-state index in [4.69, 9.17) is 0 Å². The van der Waals surface area contributed by atoms with Crippen LogP contribution in [0.2, 0.25) is 0 Å². The van der Waals surface area contributed by atoms with Gasteiger partial charge in [0.1, 0.15) is 0 Å². The second-order valence-corrected chi connectivity index (χ2v) is 8.55. The molecule has 144 valence electrons. The number of hydrogen-bond donors (Lipinski definition) is 3. The molecular weight excluding hydrogens is 400 g/mol. The molecule has 3 N–H and O–H groups in total. The molecule has 0 saturated heterocycles. The van der Waals surface area contributed by atoms with Crippen molar-refractivity contribution in [2.75, 3.05) is 6.26 Å². The van der Waals surface area contributed by atoms with Gasteiger partial charge < -0.3 is 5.21 Å². The van der Waals surface area contributed by atoms with E-state index >= 15 is 0 Å². The van der Waals surface area contributed by atoms with Crippen LogP contribution in [-0.4, -0.2) is 41.6 Å². The SMILES string of the molecule is CS(=O)(=O)c1ccc(-c2csc(/N=C(NO)/C(=N/O)c3ccccc3)n2)cc1. The fraction of sp³-hybridized carbons (Fsp3) is 0.0556.